The van der Waals surface area contributed by atoms with Gasteiger partial charge in [-0.15, -0.1) is 0 Å². The van der Waals surface area contributed by atoms with Gasteiger partial charge in [0.2, 0.25) is 0 Å². The number of hydrogen-bond acceptors (Lipinski definition) is 7. The summed E-state index contributed by atoms with van der Waals surface area (Å²) in [5.74, 6) is 0.528. The number of rotatable bonds is 6. The maximum atomic E-state index is 14.2. The lowest BCUT2D eigenvalue weighted by atomic mass is 9.95. The third kappa shape index (κ3) is 4.50. The number of allylic oxidation sites excluding steroid dienone is 1. The molecule has 6 rings (SSSR count). The molecule has 1 atom stereocenters. The molecule has 1 unspecified atom stereocenters. The molecule has 5 aromatic rings. The maximum absolute atomic E-state index is 14.2. The van der Waals surface area contributed by atoms with Gasteiger partial charge in [0.15, 0.2) is 16.3 Å². The van der Waals surface area contributed by atoms with Crippen molar-refractivity contribution in [1.29, 1.82) is 0 Å². The summed E-state index contributed by atoms with van der Waals surface area (Å²) >= 11 is 1.31. The van der Waals surface area contributed by atoms with Gasteiger partial charge in [-0.25, -0.2) is 9.79 Å². The first kappa shape index (κ1) is 26.5. The normalized spacial score (nSPS) is 15.1. The highest BCUT2D eigenvalue weighted by atomic mass is 32.1. The molecular weight excluding hydrogens is 536 g/mol. The molecular formula is C33H28N2O5S. The molecule has 0 aliphatic carbocycles. The van der Waals surface area contributed by atoms with Gasteiger partial charge in [0.05, 0.1) is 42.7 Å². The Morgan fingerprint density at radius 1 is 0.951 bits per heavy atom. The average molecular weight is 565 g/mol. The summed E-state index contributed by atoms with van der Waals surface area (Å²) in [6.07, 6.45) is 1.95. The molecule has 4 aromatic carbocycles. The largest absolute Gasteiger partial charge is 0.493 e. The molecule has 1 aromatic heterocycles. The number of thiazole rings is 1. The molecule has 0 spiro atoms. The second-order valence-corrected chi connectivity index (χ2v) is 10.7. The number of carbonyl (C=O) groups is 1. The van der Waals surface area contributed by atoms with Gasteiger partial charge in [-0.3, -0.25) is 9.36 Å². The Labute approximate surface area is 240 Å². The van der Waals surface area contributed by atoms with Crippen molar-refractivity contribution in [1.82, 2.24) is 4.57 Å². The van der Waals surface area contributed by atoms with Crippen LogP contribution in [0.2, 0.25) is 0 Å². The Hall–Kier alpha value is -4.69. The number of aromatic nitrogens is 1. The van der Waals surface area contributed by atoms with Crippen LogP contribution in [-0.4, -0.2) is 31.4 Å². The molecule has 0 saturated carbocycles. The second kappa shape index (κ2) is 10.7. The number of nitrogens with zero attached hydrogens (tertiary/aromatic N) is 2. The van der Waals surface area contributed by atoms with Crippen molar-refractivity contribution in [2.45, 2.75) is 19.9 Å². The summed E-state index contributed by atoms with van der Waals surface area (Å²) in [6.45, 7) is 3.73. The van der Waals surface area contributed by atoms with Gasteiger partial charge >= 0.3 is 5.97 Å². The van der Waals surface area contributed by atoms with Crippen LogP contribution >= 0.6 is 11.3 Å². The predicted molar refractivity (Wildman–Crippen MR) is 161 cm³/mol. The molecule has 0 bridgehead atoms. The summed E-state index contributed by atoms with van der Waals surface area (Å²) in [7, 11) is 3.11. The Morgan fingerprint density at radius 2 is 1.61 bits per heavy atom. The fourth-order valence-electron chi connectivity index (χ4n) is 5.47. The minimum Gasteiger partial charge on any atom is -0.493 e. The van der Waals surface area contributed by atoms with E-state index < -0.39 is 12.0 Å². The van der Waals surface area contributed by atoms with Crippen LogP contribution in [0.3, 0.4) is 0 Å². The third-order valence-electron chi connectivity index (χ3n) is 7.33. The fourth-order valence-corrected chi connectivity index (χ4v) is 6.49. The van der Waals surface area contributed by atoms with Crippen LogP contribution in [0.25, 0.3) is 27.6 Å². The molecule has 1 aliphatic heterocycles. The highest BCUT2D eigenvalue weighted by Gasteiger charge is 2.34. The van der Waals surface area contributed by atoms with Gasteiger partial charge < -0.3 is 14.2 Å². The van der Waals surface area contributed by atoms with Crippen molar-refractivity contribution in [2.75, 3.05) is 20.8 Å². The minimum atomic E-state index is -0.753. The van der Waals surface area contributed by atoms with Gasteiger partial charge in [0, 0.05) is 0 Å². The molecule has 1 aliphatic rings. The monoisotopic (exact) mass is 564 g/mol. The molecule has 0 fully saturated rings. The average Bonchev–Trinajstić information content (AvgIpc) is 3.29. The van der Waals surface area contributed by atoms with Gasteiger partial charge in [-0.05, 0) is 70.8 Å². The van der Waals surface area contributed by atoms with E-state index in [1.807, 2.05) is 36.4 Å². The lowest BCUT2D eigenvalue weighted by molar-refractivity contribution is -0.139. The first-order chi connectivity index (χ1) is 19.9. The highest BCUT2D eigenvalue weighted by Crippen LogP contribution is 2.36. The molecule has 0 amide bonds. The quantitative estimate of drug-likeness (QED) is 0.211. The lowest BCUT2D eigenvalue weighted by Crippen LogP contribution is -2.40. The van der Waals surface area contributed by atoms with Gasteiger partial charge in [0.1, 0.15) is 0 Å². The predicted octanol–water partition coefficient (Wildman–Crippen LogP) is 5.12. The van der Waals surface area contributed by atoms with Crippen molar-refractivity contribution >= 4 is 44.9 Å². The molecule has 2 heterocycles. The second-order valence-electron chi connectivity index (χ2n) is 9.65. The first-order valence-corrected chi connectivity index (χ1v) is 14.1. The number of hydrogen-bond donors (Lipinski definition) is 0. The van der Waals surface area contributed by atoms with E-state index >= 15 is 0 Å². The molecule has 0 saturated heterocycles. The fraction of sp³-hybridized carbons (Fsp3) is 0.182. The molecule has 206 valence electrons. The number of ether oxygens (including phenoxy) is 3. The Balaban J connectivity index is 1.64. The van der Waals surface area contributed by atoms with Crippen molar-refractivity contribution in [3.63, 3.8) is 0 Å². The topological polar surface area (TPSA) is 79.1 Å². The molecule has 8 heteroatoms. The summed E-state index contributed by atoms with van der Waals surface area (Å²) < 4.78 is 18.5. The highest BCUT2D eigenvalue weighted by molar-refractivity contribution is 7.07. The lowest BCUT2D eigenvalue weighted by Gasteiger charge is -2.25. The smallest absolute Gasteiger partial charge is 0.338 e. The van der Waals surface area contributed by atoms with E-state index in [1.54, 1.807) is 44.8 Å². The minimum absolute atomic E-state index is 0.201. The number of methoxy groups -OCH3 is 2. The number of fused-ring (bicyclic) bond motifs is 3. The molecule has 7 nitrogen and oxygen atoms in total. The Bertz CT molecular complexity index is 2000. The van der Waals surface area contributed by atoms with E-state index in [0.717, 1.165) is 27.1 Å². The van der Waals surface area contributed by atoms with Crippen LogP contribution < -0.4 is 24.4 Å². The van der Waals surface area contributed by atoms with E-state index in [9.17, 15) is 9.59 Å². The van der Waals surface area contributed by atoms with Crippen LogP contribution in [0.4, 0.5) is 0 Å². The zero-order chi connectivity index (χ0) is 28.7. The van der Waals surface area contributed by atoms with Crippen LogP contribution in [0.15, 0.2) is 93.9 Å². The van der Waals surface area contributed by atoms with Gasteiger partial charge in [-0.2, -0.15) is 0 Å². The molecule has 0 N–H and O–H groups in total. The van der Waals surface area contributed by atoms with Gasteiger partial charge in [0.25, 0.3) is 5.56 Å². The van der Waals surface area contributed by atoms with E-state index in [1.165, 1.54) is 11.3 Å². The van der Waals surface area contributed by atoms with Crippen LogP contribution in [-0.2, 0) is 9.53 Å². The first-order valence-electron chi connectivity index (χ1n) is 13.3. The van der Waals surface area contributed by atoms with Crippen molar-refractivity contribution in [3.8, 4) is 11.5 Å². The molecule has 0 radical (unpaired) electrons. The number of benzene rings is 4. The van der Waals surface area contributed by atoms with Crippen LogP contribution in [0.1, 0.15) is 31.0 Å². The SMILES string of the molecule is CCOC(=O)C1=C(C)N=c2sc(=Cc3c4ccccc4cc4ccccc34)c(=O)n2C1c1ccc(OC)c(OC)c1. The van der Waals surface area contributed by atoms with E-state index in [4.69, 9.17) is 19.2 Å². The van der Waals surface area contributed by atoms with Gasteiger partial charge in [-0.1, -0.05) is 65.9 Å². The zero-order valence-corrected chi connectivity index (χ0v) is 24.0. The Kier molecular flexibility index (Phi) is 6.93. The Morgan fingerprint density at radius 3 is 2.24 bits per heavy atom. The standard InChI is InChI=1S/C33H28N2O5S/c1-5-40-32(37)29-19(2)34-33-35(30(29)22-14-15-26(38-3)27(17-22)39-4)31(36)28(41-33)18-25-23-12-8-6-10-20(23)16-21-11-7-9-13-24(21)25/h6-18,30H,5H2,1-4H3. The van der Waals surface area contributed by atoms with Crippen molar-refractivity contribution in [2.24, 2.45) is 4.99 Å². The third-order valence-corrected chi connectivity index (χ3v) is 8.31. The maximum Gasteiger partial charge on any atom is 0.338 e. The van der Waals surface area contributed by atoms with E-state index in [2.05, 4.69) is 30.3 Å². The van der Waals surface area contributed by atoms with Crippen molar-refractivity contribution < 1.29 is 19.0 Å². The van der Waals surface area contributed by atoms with Crippen LogP contribution in [0, 0.1) is 0 Å². The van der Waals surface area contributed by atoms with E-state index in [-0.39, 0.29) is 12.2 Å². The van der Waals surface area contributed by atoms with Crippen LogP contribution in [0.5, 0.6) is 11.5 Å². The number of esters is 1. The summed E-state index contributed by atoms with van der Waals surface area (Å²) in [5, 5.41) is 4.29. The zero-order valence-electron chi connectivity index (χ0n) is 23.1. The summed E-state index contributed by atoms with van der Waals surface area (Å²) in [5.41, 5.74) is 2.23. The van der Waals surface area contributed by atoms with Crippen molar-refractivity contribution in [3.05, 3.63) is 115 Å². The van der Waals surface area contributed by atoms with E-state index in [0.29, 0.717) is 37.7 Å². The number of carbonyl (C=O) groups excluding carboxylic acids is 1. The molecule has 41 heavy (non-hydrogen) atoms. The summed E-state index contributed by atoms with van der Waals surface area (Å²) in [4.78, 5) is 32.7. The summed E-state index contributed by atoms with van der Waals surface area (Å²) in [6, 6.07) is 23.1.